The zero-order chi connectivity index (χ0) is 26.3. The zero-order valence-electron chi connectivity index (χ0n) is 23.5. The van der Waals surface area contributed by atoms with Gasteiger partial charge in [-0.05, 0) is 46.1 Å². The van der Waals surface area contributed by atoms with Gasteiger partial charge in [-0.3, -0.25) is 0 Å². The highest BCUT2D eigenvalue weighted by molar-refractivity contribution is 7.85. The Balaban J connectivity index is 0. The topological polar surface area (TPSA) is 60.4 Å². The number of benzene rings is 1. The first kappa shape index (κ1) is 35.2. The van der Waals surface area contributed by atoms with E-state index in [0.717, 1.165) is 4.48 Å². The largest absolute Gasteiger partial charge is 0.744 e. The molecular weight excluding hydrogens is 444 g/mol. The number of hydrogen-bond acceptors (Lipinski definition) is 4. The average Bonchev–Trinajstić information content (AvgIpc) is 2.73. The summed E-state index contributed by atoms with van der Waals surface area (Å²) in [4.78, 5) is 1.81. The molecule has 0 bridgehead atoms. The molecule has 0 unspecified atom stereocenters. The second-order valence-corrected chi connectivity index (χ2v) is 12.1. The first-order chi connectivity index (χ1) is 15.9. The molecule has 0 atom stereocenters. The Morgan fingerprint density at radius 2 is 1.00 bits per heavy atom. The summed E-state index contributed by atoms with van der Waals surface area (Å²) in [5, 5.41) is 0. The van der Waals surface area contributed by atoms with Gasteiger partial charge < -0.3 is 13.9 Å². The summed E-state index contributed by atoms with van der Waals surface area (Å²) in [5.41, 5.74) is 0. The van der Waals surface area contributed by atoms with E-state index < -0.39 is 10.1 Å². The molecule has 1 aromatic rings. The van der Waals surface area contributed by atoms with Crippen LogP contribution in [0.3, 0.4) is 0 Å². The van der Waals surface area contributed by atoms with Crippen molar-refractivity contribution in [3.05, 3.63) is 30.3 Å². The summed E-state index contributed by atoms with van der Waals surface area (Å²) in [5.74, 6) is 0. The first-order valence-corrected chi connectivity index (χ1v) is 14.7. The van der Waals surface area contributed by atoms with Crippen LogP contribution in [0, 0.1) is 0 Å². The number of hydrogen-bond donors (Lipinski definition) is 0. The van der Waals surface area contributed by atoms with Crippen molar-refractivity contribution in [2.24, 2.45) is 0 Å². The monoisotopic (exact) mass is 500 g/mol. The maximum Gasteiger partial charge on any atom is 0.124 e. The van der Waals surface area contributed by atoms with Crippen molar-refractivity contribution in [3.63, 3.8) is 0 Å². The Kier molecular flexibility index (Phi) is 23.3. The lowest BCUT2D eigenvalue weighted by Crippen LogP contribution is -2.35. The first-order valence-electron chi connectivity index (χ1n) is 13.3. The van der Waals surface area contributed by atoms with Crippen molar-refractivity contribution < 1.29 is 17.5 Å². The van der Waals surface area contributed by atoms with Crippen molar-refractivity contribution >= 4 is 10.1 Å². The van der Waals surface area contributed by atoms with Gasteiger partial charge in [0.25, 0.3) is 0 Å². The number of unbranched alkanes of at least 4 members (excludes halogenated alkanes) is 13. The standard InChI is InChI=1S/C19H42N.C6H6O3S.C3H9N/c1-5-6-7-8-9-10-11-12-13-14-15-16-17-18-19-20(2,3)4;7-10(8,9)6-4-2-1-3-5-6;1-4(2)3/h5-19H2,1-4H3;1-5H,(H,7,8,9);1-3H3/q+1;;/p-1. The van der Waals surface area contributed by atoms with Gasteiger partial charge >= 0.3 is 0 Å². The van der Waals surface area contributed by atoms with Gasteiger partial charge in [-0.25, -0.2) is 8.42 Å². The van der Waals surface area contributed by atoms with E-state index in [-0.39, 0.29) is 4.90 Å². The minimum atomic E-state index is -4.25. The van der Waals surface area contributed by atoms with E-state index in [9.17, 15) is 13.0 Å². The fraction of sp³-hybridized carbons (Fsp3) is 0.786. The summed E-state index contributed by atoms with van der Waals surface area (Å²) in [6.45, 7) is 3.63. The molecule has 1 rings (SSSR count). The lowest BCUT2D eigenvalue weighted by Gasteiger charge is -2.23. The molecule has 0 radical (unpaired) electrons. The smallest absolute Gasteiger partial charge is 0.124 e. The van der Waals surface area contributed by atoms with Gasteiger partial charge in [-0.1, -0.05) is 102 Å². The predicted molar refractivity (Wildman–Crippen MR) is 147 cm³/mol. The van der Waals surface area contributed by atoms with Crippen LogP contribution in [0.4, 0.5) is 0 Å². The molecule has 5 nitrogen and oxygen atoms in total. The van der Waals surface area contributed by atoms with E-state index in [2.05, 4.69) is 28.1 Å². The third kappa shape index (κ3) is 31.0. The van der Waals surface area contributed by atoms with Crippen molar-refractivity contribution in [3.8, 4) is 0 Å². The minimum Gasteiger partial charge on any atom is -0.744 e. The average molecular weight is 501 g/mol. The SMILES string of the molecule is CCCCCCCCCCCCCCCC[N+](C)(C)C.CN(C)C.O=S(=O)([O-])c1ccccc1. The van der Waals surface area contributed by atoms with Crippen molar-refractivity contribution in [2.45, 2.75) is 102 Å². The second-order valence-electron chi connectivity index (χ2n) is 10.7. The molecule has 1 aromatic carbocycles. The molecule has 0 saturated heterocycles. The lowest BCUT2D eigenvalue weighted by molar-refractivity contribution is -0.870. The lowest BCUT2D eigenvalue weighted by atomic mass is 10.0. The van der Waals surface area contributed by atoms with Crippen LogP contribution < -0.4 is 0 Å². The molecule has 6 heteroatoms. The van der Waals surface area contributed by atoms with Crippen molar-refractivity contribution in [1.29, 1.82) is 0 Å². The highest BCUT2D eigenvalue weighted by atomic mass is 32.2. The Bertz CT molecular complexity index is 639. The van der Waals surface area contributed by atoms with Crippen molar-refractivity contribution in [2.75, 3.05) is 48.8 Å². The van der Waals surface area contributed by atoms with E-state index in [1.165, 1.54) is 121 Å². The Morgan fingerprint density at radius 1 is 0.676 bits per heavy atom. The van der Waals surface area contributed by atoms with Gasteiger partial charge in [0.15, 0.2) is 0 Å². The van der Waals surface area contributed by atoms with Gasteiger partial charge in [0, 0.05) is 0 Å². The Labute approximate surface area is 213 Å². The predicted octanol–water partition coefficient (Wildman–Crippen LogP) is 6.94. The van der Waals surface area contributed by atoms with Gasteiger partial charge in [-0.2, -0.15) is 0 Å². The number of quaternary nitrogens is 1. The van der Waals surface area contributed by atoms with Crippen molar-refractivity contribution in [1.82, 2.24) is 4.90 Å². The van der Waals surface area contributed by atoms with Crippen LogP contribution in [0.5, 0.6) is 0 Å². The molecule has 202 valence electrons. The van der Waals surface area contributed by atoms with E-state index >= 15 is 0 Å². The fourth-order valence-electron chi connectivity index (χ4n) is 3.37. The molecule has 0 aliphatic heterocycles. The highest BCUT2D eigenvalue weighted by Gasteiger charge is 2.04. The summed E-state index contributed by atoms with van der Waals surface area (Å²) >= 11 is 0. The van der Waals surface area contributed by atoms with Crippen LogP contribution in [-0.2, 0) is 10.1 Å². The third-order valence-corrected chi connectivity index (χ3v) is 6.06. The van der Waals surface area contributed by atoms with Crippen LogP contribution >= 0.6 is 0 Å². The minimum absolute atomic E-state index is 0.185. The Hall–Kier alpha value is -0.950. The van der Waals surface area contributed by atoms with E-state index in [0.29, 0.717) is 0 Å². The maximum absolute atomic E-state index is 10.3. The molecule has 0 heterocycles. The zero-order valence-corrected chi connectivity index (χ0v) is 24.3. The van der Waals surface area contributed by atoms with E-state index in [1.54, 1.807) is 6.07 Å². The Morgan fingerprint density at radius 3 is 1.26 bits per heavy atom. The third-order valence-electron chi connectivity index (χ3n) is 5.21. The summed E-state index contributed by atoms with van der Waals surface area (Å²) in [7, 11) is 8.63. The second kappa shape index (κ2) is 22.5. The number of rotatable bonds is 16. The van der Waals surface area contributed by atoms with Gasteiger partial charge in [0.05, 0.1) is 32.6 Å². The van der Waals surface area contributed by atoms with Gasteiger partial charge in [-0.15, -0.1) is 0 Å². The molecule has 0 amide bonds. The molecule has 0 aliphatic rings. The summed E-state index contributed by atoms with van der Waals surface area (Å²) < 4.78 is 32.0. The fourth-order valence-corrected chi connectivity index (χ4v) is 3.86. The molecule has 0 N–H and O–H groups in total. The van der Waals surface area contributed by atoms with Crippen LogP contribution in [0.15, 0.2) is 35.2 Å². The molecule has 0 spiro atoms. The molecule has 0 fully saturated rings. The van der Waals surface area contributed by atoms with E-state index in [1.807, 2.05) is 26.0 Å². The highest BCUT2D eigenvalue weighted by Crippen LogP contribution is 2.13. The number of nitrogens with zero attached hydrogens (tertiary/aromatic N) is 2. The molecule has 0 aromatic heterocycles. The van der Waals surface area contributed by atoms with Crippen LogP contribution in [-0.4, -0.2) is 71.2 Å². The van der Waals surface area contributed by atoms with Crippen LogP contribution in [0.25, 0.3) is 0 Å². The van der Waals surface area contributed by atoms with Crippen LogP contribution in [0.1, 0.15) is 96.8 Å². The molecular formula is C28H56N2O3S. The quantitative estimate of drug-likeness (QED) is 0.140. The summed E-state index contributed by atoms with van der Waals surface area (Å²) in [6.07, 6.45) is 20.4. The van der Waals surface area contributed by atoms with Crippen LogP contribution in [0.2, 0.25) is 0 Å². The van der Waals surface area contributed by atoms with Gasteiger partial charge in [0.1, 0.15) is 10.1 Å². The maximum atomic E-state index is 10.3. The molecule has 0 saturated carbocycles. The molecule has 34 heavy (non-hydrogen) atoms. The molecule has 0 aliphatic carbocycles. The normalized spacial score (nSPS) is 11.4. The van der Waals surface area contributed by atoms with E-state index in [4.69, 9.17) is 0 Å². The van der Waals surface area contributed by atoms with Gasteiger partial charge in [0.2, 0.25) is 0 Å². The summed E-state index contributed by atoms with van der Waals surface area (Å²) in [6, 6.07) is 7.19.